The van der Waals surface area contributed by atoms with Crippen LogP contribution < -0.4 is 9.80 Å². The third-order valence-corrected chi connectivity index (χ3v) is 10.8. The summed E-state index contributed by atoms with van der Waals surface area (Å²) in [4.78, 5) is 31.6. The Labute approximate surface area is 256 Å². The SMILES string of the molecule is CCc1nc2sc(N3CC4(CCN(CC(=O)N5CC(O)C5)CC4)C3)nn2c1N(C)c1nc(-c2ccc(F)cc2)c(C#N)s1. The maximum absolute atomic E-state index is 13.5. The molecule has 3 saturated heterocycles. The van der Waals surface area contributed by atoms with Crippen molar-refractivity contribution in [1.29, 1.82) is 5.26 Å². The molecule has 3 aliphatic rings. The van der Waals surface area contributed by atoms with Gasteiger partial charge in [0.15, 0.2) is 10.9 Å². The lowest BCUT2D eigenvalue weighted by Crippen LogP contribution is -2.61. The van der Waals surface area contributed by atoms with E-state index in [9.17, 15) is 19.6 Å². The quantitative estimate of drug-likeness (QED) is 0.332. The number of hydrogen-bond donors (Lipinski definition) is 1. The molecule has 0 radical (unpaired) electrons. The van der Waals surface area contributed by atoms with E-state index in [4.69, 9.17) is 15.1 Å². The summed E-state index contributed by atoms with van der Waals surface area (Å²) < 4.78 is 15.4. The average molecular weight is 622 g/mol. The molecule has 7 rings (SSSR count). The molecule has 6 heterocycles. The van der Waals surface area contributed by atoms with Crippen molar-refractivity contribution in [3.63, 3.8) is 0 Å². The van der Waals surface area contributed by atoms with Gasteiger partial charge >= 0.3 is 0 Å². The van der Waals surface area contributed by atoms with Crippen molar-refractivity contribution in [3.05, 3.63) is 40.7 Å². The van der Waals surface area contributed by atoms with Gasteiger partial charge in [-0.05, 0) is 56.6 Å². The zero-order valence-corrected chi connectivity index (χ0v) is 25.7. The van der Waals surface area contributed by atoms with Crippen LogP contribution in [-0.4, -0.2) is 99.4 Å². The second-order valence-corrected chi connectivity index (χ2v) is 13.7. The zero-order valence-electron chi connectivity index (χ0n) is 24.0. The number of nitriles is 1. The Morgan fingerprint density at radius 3 is 2.56 bits per heavy atom. The van der Waals surface area contributed by atoms with Gasteiger partial charge in [-0.2, -0.15) is 9.78 Å². The Kier molecular flexibility index (Phi) is 7.08. The van der Waals surface area contributed by atoms with E-state index >= 15 is 0 Å². The number of aromatic nitrogens is 4. The summed E-state index contributed by atoms with van der Waals surface area (Å²) in [5, 5.41) is 25.8. The Hall–Kier alpha value is -3.64. The van der Waals surface area contributed by atoms with Crippen LogP contribution in [0, 0.1) is 22.6 Å². The lowest BCUT2D eigenvalue weighted by molar-refractivity contribution is -0.143. The van der Waals surface area contributed by atoms with E-state index in [0.29, 0.717) is 40.9 Å². The highest BCUT2D eigenvalue weighted by molar-refractivity contribution is 7.20. The smallest absolute Gasteiger partial charge is 0.236 e. The number of likely N-dealkylation sites (tertiary alicyclic amines) is 2. The van der Waals surface area contributed by atoms with E-state index in [-0.39, 0.29) is 23.2 Å². The predicted molar refractivity (Wildman–Crippen MR) is 163 cm³/mol. The molecule has 1 spiro atoms. The van der Waals surface area contributed by atoms with Crippen LogP contribution in [0.15, 0.2) is 24.3 Å². The van der Waals surface area contributed by atoms with E-state index in [0.717, 1.165) is 67.0 Å². The number of fused-ring (bicyclic) bond motifs is 1. The van der Waals surface area contributed by atoms with Gasteiger partial charge in [0.2, 0.25) is 16.0 Å². The lowest BCUT2D eigenvalue weighted by Gasteiger charge is -2.54. The van der Waals surface area contributed by atoms with Gasteiger partial charge in [0.25, 0.3) is 0 Å². The molecule has 4 aromatic rings. The van der Waals surface area contributed by atoms with Crippen molar-refractivity contribution < 1.29 is 14.3 Å². The molecular weight excluding hydrogens is 590 g/mol. The first-order valence-corrected chi connectivity index (χ1v) is 16.1. The van der Waals surface area contributed by atoms with Gasteiger partial charge in [-0.3, -0.25) is 9.69 Å². The molecule has 0 bridgehead atoms. The van der Waals surface area contributed by atoms with Gasteiger partial charge in [-0.1, -0.05) is 29.6 Å². The van der Waals surface area contributed by atoms with E-state index in [1.807, 2.05) is 16.5 Å². The van der Waals surface area contributed by atoms with Crippen molar-refractivity contribution >= 4 is 49.6 Å². The van der Waals surface area contributed by atoms with E-state index in [2.05, 4.69) is 22.8 Å². The molecule has 43 heavy (non-hydrogen) atoms. The van der Waals surface area contributed by atoms with Crippen molar-refractivity contribution in [2.24, 2.45) is 5.41 Å². The van der Waals surface area contributed by atoms with E-state index in [1.54, 1.807) is 28.4 Å². The first-order valence-electron chi connectivity index (χ1n) is 14.5. The Morgan fingerprint density at radius 1 is 1.19 bits per heavy atom. The molecule has 3 aliphatic heterocycles. The molecule has 3 fully saturated rings. The minimum Gasteiger partial charge on any atom is -0.389 e. The predicted octanol–water partition coefficient (Wildman–Crippen LogP) is 3.36. The van der Waals surface area contributed by atoms with Crippen LogP contribution in [0.3, 0.4) is 0 Å². The van der Waals surface area contributed by atoms with Crippen LogP contribution in [0.2, 0.25) is 0 Å². The number of imidazole rings is 1. The van der Waals surface area contributed by atoms with Crippen LogP contribution in [0.25, 0.3) is 16.2 Å². The van der Waals surface area contributed by atoms with Gasteiger partial charge in [0.1, 0.15) is 22.5 Å². The summed E-state index contributed by atoms with van der Waals surface area (Å²) in [6, 6.07) is 8.26. The molecule has 3 aromatic heterocycles. The monoisotopic (exact) mass is 621 g/mol. The second kappa shape index (κ2) is 10.8. The zero-order chi connectivity index (χ0) is 29.9. The first-order chi connectivity index (χ1) is 20.8. The van der Waals surface area contributed by atoms with Crippen LogP contribution in [0.1, 0.15) is 30.3 Å². The first kappa shape index (κ1) is 28.1. The number of nitrogens with zero attached hydrogens (tertiary/aromatic N) is 9. The van der Waals surface area contributed by atoms with Crippen LogP contribution in [0.5, 0.6) is 0 Å². The summed E-state index contributed by atoms with van der Waals surface area (Å²) in [7, 11) is 1.91. The number of rotatable bonds is 7. The number of β-amino-alcohol motifs (C(OH)–C–C–N with tert-alkyl or cyclic N) is 1. The minimum absolute atomic E-state index is 0.114. The average Bonchev–Trinajstić information content (AvgIpc) is 3.67. The number of anilines is 3. The number of benzene rings is 1. The number of piperidine rings is 1. The Balaban J connectivity index is 1.05. The third kappa shape index (κ3) is 5.04. The van der Waals surface area contributed by atoms with Crippen LogP contribution in [-0.2, 0) is 11.2 Å². The van der Waals surface area contributed by atoms with Gasteiger partial charge in [0, 0.05) is 44.2 Å². The van der Waals surface area contributed by atoms with Crippen molar-refractivity contribution in [1.82, 2.24) is 29.4 Å². The number of aryl methyl sites for hydroxylation is 1. The molecule has 14 heteroatoms. The number of carbonyl (C=O) groups is 1. The molecular formula is C29H32FN9O2S2. The number of thiazole rings is 1. The maximum Gasteiger partial charge on any atom is 0.236 e. The Morgan fingerprint density at radius 2 is 1.91 bits per heavy atom. The van der Waals surface area contributed by atoms with Crippen LogP contribution in [0.4, 0.5) is 20.5 Å². The summed E-state index contributed by atoms with van der Waals surface area (Å²) in [6.45, 7) is 7.11. The number of carbonyl (C=O) groups excluding carboxylic acids is 1. The van der Waals surface area contributed by atoms with E-state index in [1.165, 1.54) is 23.5 Å². The molecule has 1 aromatic carbocycles. The number of hydrogen-bond acceptors (Lipinski definition) is 11. The highest BCUT2D eigenvalue weighted by Gasteiger charge is 2.46. The van der Waals surface area contributed by atoms with E-state index < -0.39 is 0 Å². The normalized spacial score (nSPS) is 18.6. The minimum atomic E-state index is -0.363. The maximum atomic E-state index is 13.5. The van der Waals surface area contributed by atoms with Crippen molar-refractivity contribution in [3.8, 4) is 17.3 Å². The summed E-state index contributed by atoms with van der Waals surface area (Å²) >= 11 is 2.87. The van der Waals surface area contributed by atoms with Crippen molar-refractivity contribution in [2.75, 3.05) is 62.7 Å². The molecule has 0 atom stereocenters. The fourth-order valence-electron chi connectivity index (χ4n) is 6.24. The summed E-state index contributed by atoms with van der Waals surface area (Å²) in [6.07, 6.45) is 2.46. The van der Waals surface area contributed by atoms with Gasteiger partial charge < -0.3 is 19.8 Å². The van der Waals surface area contributed by atoms with Gasteiger partial charge in [-0.25, -0.2) is 14.4 Å². The summed E-state index contributed by atoms with van der Waals surface area (Å²) in [5.74, 6) is 0.605. The standard InChI is InChI=1S/C29H32FN9O2S2/c1-3-21-25(35(2)26-33-24(22(12-31)42-26)18-4-6-19(30)7-5-18)39-27(32-21)43-28(34-39)38-16-29(17-38)8-10-36(11-9-29)15-23(41)37-13-20(40)14-37/h4-7,20,40H,3,8-11,13-17H2,1-2H3. The van der Waals surface area contributed by atoms with Gasteiger partial charge in [0.05, 0.1) is 18.3 Å². The molecule has 0 saturated carbocycles. The Bertz CT molecular complexity index is 1700. The van der Waals surface area contributed by atoms with Crippen molar-refractivity contribution in [2.45, 2.75) is 32.3 Å². The largest absolute Gasteiger partial charge is 0.389 e. The molecule has 1 N–H and O–H groups in total. The fraction of sp³-hybridized carbons (Fsp3) is 0.483. The number of amides is 1. The number of halogens is 1. The molecule has 1 amide bonds. The molecule has 0 aliphatic carbocycles. The molecule has 11 nitrogen and oxygen atoms in total. The number of aliphatic hydroxyl groups excluding tert-OH is 1. The topological polar surface area (TPSA) is 117 Å². The lowest BCUT2D eigenvalue weighted by atomic mass is 9.72. The van der Waals surface area contributed by atoms with Gasteiger partial charge in [-0.15, -0.1) is 5.10 Å². The number of aliphatic hydroxyl groups is 1. The highest BCUT2D eigenvalue weighted by atomic mass is 32.1. The second-order valence-electron chi connectivity index (χ2n) is 11.8. The fourth-order valence-corrected chi connectivity index (χ4v) is 8.01. The summed E-state index contributed by atoms with van der Waals surface area (Å²) in [5.41, 5.74) is 2.38. The highest BCUT2D eigenvalue weighted by Crippen LogP contribution is 2.44. The van der Waals surface area contributed by atoms with Crippen LogP contribution >= 0.6 is 22.7 Å². The third-order valence-electron chi connectivity index (χ3n) is 8.83. The molecule has 224 valence electrons. The molecule has 0 unspecified atom stereocenters.